The van der Waals surface area contributed by atoms with Crippen LogP contribution in [0.25, 0.3) is 0 Å². The van der Waals surface area contributed by atoms with Gasteiger partial charge in [-0.25, -0.2) is 9.97 Å². The number of hydrogen-bond acceptors (Lipinski definition) is 7. The highest BCUT2D eigenvalue weighted by atomic mass is 16.5. The van der Waals surface area contributed by atoms with Crippen LogP contribution in [0.2, 0.25) is 0 Å². The molecule has 1 aliphatic carbocycles. The first-order valence-electron chi connectivity index (χ1n) is 12.2. The van der Waals surface area contributed by atoms with Gasteiger partial charge in [0.25, 0.3) is 5.91 Å². The van der Waals surface area contributed by atoms with Crippen LogP contribution >= 0.6 is 0 Å². The van der Waals surface area contributed by atoms with E-state index < -0.39 is 0 Å². The van der Waals surface area contributed by atoms with Gasteiger partial charge >= 0.3 is 0 Å². The summed E-state index contributed by atoms with van der Waals surface area (Å²) < 4.78 is 5.22. The zero-order valence-corrected chi connectivity index (χ0v) is 20.2. The number of rotatable bonds is 10. The summed E-state index contributed by atoms with van der Waals surface area (Å²) in [5.74, 6) is 6.94. The van der Waals surface area contributed by atoms with Crippen molar-refractivity contribution in [3.63, 3.8) is 0 Å². The Balaban J connectivity index is 1.27. The molecule has 4 rings (SSSR count). The van der Waals surface area contributed by atoms with Gasteiger partial charge in [0.15, 0.2) is 0 Å². The average molecular weight is 475 g/mol. The van der Waals surface area contributed by atoms with Crippen molar-refractivity contribution >= 4 is 17.5 Å². The normalized spacial score (nSPS) is 17.4. The van der Waals surface area contributed by atoms with Crippen LogP contribution in [0.4, 0.5) is 11.6 Å². The Morgan fingerprint density at radius 1 is 1.03 bits per heavy atom. The first kappa shape index (κ1) is 24.5. The van der Waals surface area contributed by atoms with Gasteiger partial charge in [0.1, 0.15) is 5.75 Å². The molecule has 0 radical (unpaired) electrons. The number of aromatic nitrogens is 2. The molecule has 35 heavy (non-hydrogen) atoms. The third-order valence-corrected chi connectivity index (χ3v) is 6.47. The molecule has 8 heteroatoms. The summed E-state index contributed by atoms with van der Waals surface area (Å²) in [6, 6.07) is 18.1. The molecule has 5 N–H and O–H groups in total. The van der Waals surface area contributed by atoms with E-state index in [2.05, 4.69) is 45.3 Å². The van der Waals surface area contributed by atoms with Crippen molar-refractivity contribution in [3.05, 3.63) is 77.6 Å². The maximum atomic E-state index is 12.6. The maximum absolute atomic E-state index is 12.6. The highest BCUT2D eigenvalue weighted by Gasteiger charge is 2.23. The van der Waals surface area contributed by atoms with Crippen molar-refractivity contribution in [2.75, 3.05) is 17.9 Å². The molecule has 1 amide bonds. The lowest BCUT2D eigenvalue weighted by Gasteiger charge is -2.29. The van der Waals surface area contributed by atoms with Gasteiger partial charge in [-0.3, -0.25) is 10.6 Å². The van der Waals surface area contributed by atoms with E-state index in [1.165, 1.54) is 5.56 Å². The third-order valence-electron chi connectivity index (χ3n) is 6.47. The fourth-order valence-electron chi connectivity index (χ4n) is 4.50. The number of nitrogens with zero attached hydrogens (tertiary/aromatic N) is 2. The van der Waals surface area contributed by atoms with Crippen LogP contribution in [0.15, 0.2) is 60.8 Å². The molecular formula is C27H34N6O2. The molecular weight excluding hydrogens is 440 g/mol. The zero-order chi connectivity index (χ0) is 24.5. The molecule has 2 aromatic carbocycles. The largest absolute Gasteiger partial charge is 0.497 e. The number of carbonyl (C=O) groups is 1. The minimum atomic E-state index is -0.0614. The number of anilines is 2. The van der Waals surface area contributed by atoms with Crippen molar-refractivity contribution in [1.82, 2.24) is 15.3 Å². The van der Waals surface area contributed by atoms with Crippen molar-refractivity contribution in [3.8, 4) is 5.75 Å². The van der Waals surface area contributed by atoms with Gasteiger partial charge in [0.05, 0.1) is 24.7 Å². The predicted octanol–water partition coefficient (Wildman–Crippen LogP) is 4.10. The van der Waals surface area contributed by atoms with Gasteiger partial charge in [0.2, 0.25) is 5.95 Å². The highest BCUT2D eigenvalue weighted by molar-refractivity contribution is 5.94. The Hall–Kier alpha value is -3.65. The van der Waals surface area contributed by atoms with Gasteiger partial charge in [-0.1, -0.05) is 36.4 Å². The van der Waals surface area contributed by atoms with E-state index in [9.17, 15) is 4.79 Å². The molecule has 1 aromatic heterocycles. The number of benzene rings is 2. The summed E-state index contributed by atoms with van der Waals surface area (Å²) >= 11 is 0. The second kappa shape index (κ2) is 12.2. The molecule has 184 valence electrons. The molecule has 3 aromatic rings. The van der Waals surface area contributed by atoms with E-state index in [1.54, 1.807) is 25.4 Å². The van der Waals surface area contributed by atoms with Crippen LogP contribution < -0.4 is 26.6 Å². The third kappa shape index (κ3) is 6.93. The Morgan fingerprint density at radius 2 is 1.80 bits per heavy atom. The Labute approximate surface area is 206 Å². The van der Waals surface area contributed by atoms with Crippen LogP contribution in [-0.2, 0) is 12.8 Å². The summed E-state index contributed by atoms with van der Waals surface area (Å²) in [5.41, 5.74) is 6.33. The van der Waals surface area contributed by atoms with Crippen molar-refractivity contribution in [2.45, 2.75) is 57.0 Å². The molecule has 1 aliphatic rings. The number of hydrogen-bond donors (Lipinski definition) is 4. The SMILES string of the molecule is COc1cccc(C(=O)NC2CCC(Nc3ncc(NN)c(CCCc4ccccc4)n3)CC2)c1. The number of nitrogens with one attached hydrogen (secondary N) is 3. The van der Waals surface area contributed by atoms with Gasteiger partial charge in [-0.05, 0) is 68.7 Å². The number of ether oxygens (including phenoxy) is 1. The Bertz CT molecular complexity index is 1100. The van der Waals surface area contributed by atoms with Crippen molar-refractivity contribution < 1.29 is 9.53 Å². The fraction of sp³-hybridized carbons (Fsp3) is 0.370. The predicted molar refractivity (Wildman–Crippen MR) is 138 cm³/mol. The summed E-state index contributed by atoms with van der Waals surface area (Å²) in [4.78, 5) is 21.8. The lowest BCUT2D eigenvalue weighted by atomic mass is 9.91. The number of carbonyl (C=O) groups excluding carboxylic acids is 1. The second-order valence-electron chi connectivity index (χ2n) is 8.94. The molecule has 1 heterocycles. The van der Waals surface area contributed by atoms with Gasteiger partial charge < -0.3 is 20.8 Å². The molecule has 0 unspecified atom stereocenters. The quantitative estimate of drug-likeness (QED) is 0.258. The smallest absolute Gasteiger partial charge is 0.251 e. The number of aryl methyl sites for hydroxylation is 2. The number of nitrogen functional groups attached to an aromatic ring is 1. The minimum absolute atomic E-state index is 0.0614. The summed E-state index contributed by atoms with van der Waals surface area (Å²) in [6.07, 6.45) is 8.21. The van der Waals surface area contributed by atoms with E-state index in [4.69, 9.17) is 15.6 Å². The molecule has 8 nitrogen and oxygen atoms in total. The molecule has 0 spiro atoms. The minimum Gasteiger partial charge on any atom is -0.497 e. The second-order valence-corrected chi connectivity index (χ2v) is 8.94. The van der Waals surface area contributed by atoms with E-state index in [-0.39, 0.29) is 18.0 Å². The van der Waals surface area contributed by atoms with Crippen LogP contribution in [0, 0.1) is 0 Å². The summed E-state index contributed by atoms with van der Waals surface area (Å²) in [6.45, 7) is 0. The maximum Gasteiger partial charge on any atom is 0.251 e. The van der Waals surface area contributed by atoms with Crippen molar-refractivity contribution in [2.24, 2.45) is 5.84 Å². The zero-order valence-electron chi connectivity index (χ0n) is 20.2. The van der Waals surface area contributed by atoms with E-state index in [0.29, 0.717) is 17.3 Å². The molecule has 1 saturated carbocycles. The number of hydrazine groups is 1. The van der Waals surface area contributed by atoms with Crippen LogP contribution in [0.3, 0.4) is 0 Å². The van der Waals surface area contributed by atoms with E-state index in [1.807, 2.05) is 18.2 Å². The average Bonchev–Trinajstić information content (AvgIpc) is 2.90. The van der Waals surface area contributed by atoms with Gasteiger partial charge in [0, 0.05) is 17.6 Å². The summed E-state index contributed by atoms with van der Waals surface area (Å²) in [7, 11) is 1.60. The molecule has 1 fully saturated rings. The molecule has 0 aliphatic heterocycles. The summed E-state index contributed by atoms with van der Waals surface area (Å²) in [5, 5.41) is 6.64. The number of methoxy groups -OCH3 is 1. The fourth-order valence-corrected chi connectivity index (χ4v) is 4.50. The molecule has 0 bridgehead atoms. The van der Waals surface area contributed by atoms with E-state index >= 15 is 0 Å². The first-order valence-corrected chi connectivity index (χ1v) is 12.2. The van der Waals surface area contributed by atoms with Crippen molar-refractivity contribution in [1.29, 1.82) is 0 Å². The number of nitrogens with two attached hydrogens (primary N) is 1. The van der Waals surface area contributed by atoms with Crippen LogP contribution in [0.5, 0.6) is 5.75 Å². The van der Waals surface area contributed by atoms with E-state index in [0.717, 1.165) is 56.3 Å². The lowest BCUT2D eigenvalue weighted by molar-refractivity contribution is 0.0926. The molecule has 0 saturated heterocycles. The first-order chi connectivity index (χ1) is 17.1. The monoisotopic (exact) mass is 474 g/mol. The van der Waals surface area contributed by atoms with Gasteiger partial charge in [-0.2, -0.15) is 0 Å². The standard InChI is InChI=1S/C27H34N6O2/c1-35-23-11-6-10-20(17-23)26(34)30-21-13-15-22(16-14-21)31-27-29-18-25(33-28)24(32-27)12-5-9-19-7-3-2-4-8-19/h2-4,6-8,10-11,17-18,21-22,33H,5,9,12-16,28H2,1H3,(H,30,34)(H,29,31,32). The van der Waals surface area contributed by atoms with Crippen LogP contribution in [0.1, 0.15) is 53.7 Å². The van der Waals surface area contributed by atoms with Gasteiger partial charge in [-0.15, -0.1) is 0 Å². The van der Waals surface area contributed by atoms with Crippen LogP contribution in [-0.4, -0.2) is 35.1 Å². The Morgan fingerprint density at radius 3 is 2.54 bits per heavy atom. The topological polar surface area (TPSA) is 114 Å². The molecule has 0 atom stereocenters. The number of amides is 1. The highest BCUT2D eigenvalue weighted by Crippen LogP contribution is 2.23. The lowest BCUT2D eigenvalue weighted by Crippen LogP contribution is -2.40. The Kier molecular flexibility index (Phi) is 8.51.